The molecule has 0 unspecified atom stereocenters. The van der Waals surface area contributed by atoms with E-state index in [9.17, 15) is 46.0 Å². The SMILES string of the molecule is C[C@@H]1CC[C@@]2(OC1)O[C@@H]1C[C@@H]3[C@@H]4CC=C5C[C@H](O[C@@H]6O[C@H](CO)[C@@H](O)[C@H](O[C@@H]7O[C@@H](C)[C@H](O)[C@@H](O)[C@H]7O)[C@H]6O[C@@H]6O[C@H](CO)[C@@H](O)[C@H](O)[C@H]6O)CC[C@]5(C)[C@@H]4CC[C@]3(C)[C@@H]1[C@@H]2C. The van der Waals surface area contributed by atoms with Crippen molar-refractivity contribution in [3.63, 3.8) is 0 Å². The molecule has 0 aromatic carbocycles. The largest absolute Gasteiger partial charge is 0.394 e. The smallest absolute Gasteiger partial charge is 0.187 e. The first-order valence-corrected chi connectivity index (χ1v) is 23.4. The molecule has 17 heteroatoms. The van der Waals surface area contributed by atoms with Crippen LogP contribution in [0.2, 0.25) is 0 Å². The number of fused-ring (bicyclic) bond motifs is 7. The van der Waals surface area contributed by atoms with Crippen LogP contribution >= 0.6 is 0 Å². The molecular formula is C45H72O17. The van der Waals surface area contributed by atoms with Gasteiger partial charge >= 0.3 is 0 Å². The molecule has 354 valence electrons. The average Bonchev–Trinajstić information content (AvgIpc) is 3.70. The molecule has 9 N–H and O–H groups in total. The van der Waals surface area contributed by atoms with Gasteiger partial charge in [-0.05, 0) is 98.7 Å². The van der Waals surface area contributed by atoms with Crippen LogP contribution in [0.15, 0.2) is 11.6 Å². The number of allylic oxidation sites excluding steroid dienone is 1. The second-order valence-electron chi connectivity index (χ2n) is 21.1. The Kier molecular flexibility index (Phi) is 12.9. The van der Waals surface area contributed by atoms with E-state index >= 15 is 0 Å². The maximum absolute atomic E-state index is 11.6. The molecule has 9 rings (SSSR count). The van der Waals surface area contributed by atoms with E-state index in [4.69, 9.17) is 37.9 Å². The minimum Gasteiger partial charge on any atom is -0.394 e. The number of rotatable bonds is 8. The molecule has 5 aliphatic heterocycles. The Hall–Kier alpha value is -0.940. The van der Waals surface area contributed by atoms with E-state index in [1.165, 1.54) is 12.5 Å². The number of hydrogen-bond acceptors (Lipinski definition) is 17. The third kappa shape index (κ3) is 7.49. The second-order valence-corrected chi connectivity index (χ2v) is 21.1. The van der Waals surface area contributed by atoms with Gasteiger partial charge in [0.05, 0.1) is 38.1 Å². The minimum atomic E-state index is -1.83. The fourth-order valence-electron chi connectivity index (χ4n) is 14.0. The van der Waals surface area contributed by atoms with Crippen molar-refractivity contribution in [2.24, 2.45) is 46.3 Å². The van der Waals surface area contributed by atoms with Crippen molar-refractivity contribution in [2.45, 2.75) is 203 Å². The fraction of sp³-hybridized carbons (Fsp3) is 0.956. The van der Waals surface area contributed by atoms with E-state index in [1.807, 2.05) is 0 Å². The molecule has 0 aromatic heterocycles. The standard InChI is InChI=1S/C45H72O17/c1-19-8-13-45(55-18-19)20(2)30-27(62-45)15-26-24-7-6-22-14-23(9-11-43(22,4)25(24)10-12-44(26,30)5)57-42-39(61-41-37(54)35(52)32(49)28(16-46)58-41)38(33(50)29(17-47)59-42)60-40-36(53)34(51)31(48)21(3)56-40/h6,19-21,23-42,46-54H,7-18H2,1-5H3/t19-,20+,21+,23-,24-,25-,26-,27-,28-,29-,30-,31+,32-,33-,34-,35+,36-,37-,38+,39-,40+,41+,42-,43+,44+,45-/m1/s1. The Morgan fingerprint density at radius 3 is 2.03 bits per heavy atom. The van der Waals surface area contributed by atoms with Crippen LogP contribution in [-0.4, -0.2) is 176 Å². The van der Waals surface area contributed by atoms with Crippen LogP contribution in [0.1, 0.15) is 92.4 Å². The van der Waals surface area contributed by atoms with Gasteiger partial charge in [-0.2, -0.15) is 0 Å². The summed E-state index contributed by atoms with van der Waals surface area (Å²) in [6.07, 6.45) is -12.4. The Morgan fingerprint density at radius 2 is 1.34 bits per heavy atom. The second kappa shape index (κ2) is 17.3. The molecule has 17 nitrogen and oxygen atoms in total. The summed E-state index contributed by atoms with van der Waals surface area (Å²) in [6.45, 7) is 10.4. The van der Waals surface area contributed by atoms with Crippen LogP contribution in [0, 0.1) is 46.3 Å². The van der Waals surface area contributed by atoms with Crippen molar-refractivity contribution < 1.29 is 83.9 Å². The van der Waals surface area contributed by atoms with Crippen LogP contribution in [0.5, 0.6) is 0 Å². The van der Waals surface area contributed by atoms with Gasteiger partial charge in [0.25, 0.3) is 0 Å². The van der Waals surface area contributed by atoms with E-state index in [-0.39, 0.29) is 16.9 Å². The van der Waals surface area contributed by atoms with E-state index in [1.54, 1.807) is 0 Å². The zero-order chi connectivity index (χ0) is 44.2. The topological polar surface area (TPSA) is 256 Å². The van der Waals surface area contributed by atoms with Crippen molar-refractivity contribution in [2.75, 3.05) is 19.8 Å². The fourth-order valence-corrected chi connectivity index (χ4v) is 14.0. The maximum Gasteiger partial charge on any atom is 0.187 e. The highest BCUT2D eigenvalue weighted by atomic mass is 16.8. The summed E-state index contributed by atoms with van der Waals surface area (Å²) in [5.41, 5.74) is 1.45. The summed E-state index contributed by atoms with van der Waals surface area (Å²) < 4.78 is 50.3. The van der Waals surface area contributed by atoms with Crippen molar-refractivity contribution in [1.82, 2.24) is 0 Å². The summed E-state index contributed by atoms with van der Waals surface area (Å²) in [4.78, 5) is 0. The number of hydrogen-bond donors (Lipinski definition) is 9. The molecule has 0 aromatic rings. The summed E-state index contributed by atoms with van der Waals surface area (Å²) in [6, 6.07) is 0. The van der Waals surface area contributed by atoms with Crippen LogP contribution in [0.4, 0.5) is 0 Å². The lowest BCUT2D eigenvalue weighted by Gasteiger charge is -2.59. The molecule has 0 bridgehead atoms. The third-order valence-corrected chi connectivity index (χ3v) is 17.7. The highest BCUT2D eigenvalue weighted by Crippen LogP contribution is 2.70. The summed E-state index contributed by atoms with van der Waals surface area (Å²) in [5.74, 6) is 2.51. The van der Waals surface area contributed by atoms with Gasteiger partial charge in [-0.25, -0.2) is 0 Å². The van der Waals surface area contributed by atoms with Gasteiger partial charge in [0.15, 0.2) is 24.7 Å². The number of aliphatic hydroxyl groups excluding tert-OH is 9. The van der Waals surface area contributed by atoms with Gasteiger partial charge in [0.1, 0.15) is 67.1 Å². The molecule has 4 aliphatic carbocycles. The van der Waals surface area contributed by atoms with E-state index in [0.29, 0.717) is 48.3 Å². The first kappa shape index (κ1) is 46.2. The van der Waals surface area contributed by atoms with Gasteiger partial charge in [0.2, 0.25) is 0 Å². The summed E-state index contributed by atoms with van der Waals surface area (Å²) in [7, 11) is 0. The highest BCUT2D eigenvalue weighted by Gasteiger charge is 2.69. The van der Waals surface area contributed by atoms with Gasteiger partial charge in [-0.3, -0.25) is 0 Å². The molecule has 3 saturated carbocycles. The molecule has 5 saturated heterocycles. The van der Waals surface area contributed by atoms with Crippen LogP contribution in [0.3, 0.4) is 0 Å². The summed E-state index contributed by atoms with van der Waals surface area (Å²) in [5, 5.41) is 95.8. The molecule has 1 spiro atoms. The molecule has 5 heterocycles. The van der Waals surface area contributed by atoms with Crippen LogP contribution in [0.25, 0.3) is 0 Å². The van der Waals surface area contributed by atoms with Crippen LogP contribution in [-0.2, 0) is 37.9 Å². The molecule has 62 heavy (non-hydrogen) atoms. The zero-order valence-electron chi connectivity index (χ0n) is 36.6. The lowest BCUT2D eigenvalue weighted by molar-refractivity contribution is -0.394. The molecule has 8 fully saturated rings. The van der Waals surface area contributed by atoms with Gasteiger partial charge in [-0.15, -0.1) is 0 Å². The molecule has 26 atom stereocenters. The average molecular weight is 885 g/mol. The Labute approximate surface area is 363 Å². The normalized spacial score (nSPS) is 57.6. The predicted molar refractivity (Wildman–Crippen MR) is 214 cm³/mol. The van der Waals surface area contributed by atoms with Crippen molar-refractivity contribution >= 4 is 0 Å². The maximum atomic E-state index is 11.6. The van der Waals surface area contributed by atoms with E-state index in [0.717, 1.165) is 51.6 Å². The van der Waals surface area contributed by atoms with Gasteiger partial charge < -0.3 is 83.9 Å². The lowest BCUT2D eigenvalue weighted by atomic mass is 9.47. The molecular weight excluding hydrogens is 812 g/mol. The number of aliphatic hydroxyl groups is 9. The predicted octanol–water partition coefficient (Wildman–Crippen LogP) is 0.214. The summed E-state index contributed by atoms with van der Waals surface area (Å²) >= 11 is 0. The Bertz CT molecular complexity index is 1610. The third-order valence-electron chi connectivity index (χ3n) is 17.7. The quantitative estimate of drug-likeness (QED) is 0.148. The first-order valence-electron chi connectivity index (χ1n) is 23.4. The Morgan fingerprint density at radius 1 is 0.677 bits per heavy atom. The van der Waals surface area contributed by atoms with Crippen molar-refractivity contribution in [3.05, 3.63) is 11.6 Å². The molecule has 0 radical (unpaired) electrons. The van der Waals surface area contributed by atoms with E-state index < -0.39 is 117 Å². The van der Waals surface area contributed by atoms with Crippen molar-refractivity contribution in [1.29, 1.82) is 0 Å². The Balaban J connectivity index is 0.941. The molecule has 9 aliphatic rings. The van der Waals surface area contributed by atoms with Crippen molar-refractivity contribution in [3.8, 4) is 0 Å². The van der Waals surface area contributed by atoms with Gasteiger partial charge in [0, 0.05) is 12.3 Å². The monoisotopic (exact) mass is 884 g/mol. The van der Waals surface area contributed by atoms with E-state index in [2.05, 4.69) is 33.8 Å². The highest BCUT2D eigenvalue weighted by molar-refractivity contribution is 5.26. The first-order chi connectivity index (χ1) is 29.4. The zero-order valence-corrected chi connectivity index (χ0v) is 36.6. The van der Waals surface area contributed by atoms with Crippen LogP contribution < -0.4 is 0 Å². The molecule has 0 amide bonds. The van der Waals surface area contributed by atoms with Gasteiger partial charge in [-0.1, -0.05) is 39.3 Å². The minimum absolute atomic E-state index is 0.0518. The lowest BCUT2D eigenvalue weighted by Crippen LogP contribution is -2.67. The number of ether oxygens (including phenoxy) is 8.